The molecule has 1 saturated heterocycles. The fraction of sp³-hybridized carbons (Fsp3) is 0.577. The molecule has 1 aromatic carbocycles. The lowest BCUT2D eigenvalue weighted by atomic mass is 9.69. The van der Waals surface area contributed by atoms with E-state index >= 15 is 0 Å². The van der Waals surface area contributed by atoms with Crippen molar-refractivity contribution in [3.63, 3.8) is 0 Å². The average Bonchev–Trinajstić information content (AvgIpc) is 3.31. The molecule has 4 rings (SSSR count). The van der Waals surface area contributed by atoms with Crippen molar-refractivity contribution in [3.8, 4) is 0 Å². The molecule has 204 valence electrons. The van der Waals surface area contributed by atoms with Crippen LogP contribution in [0, 0.1) is 16.6 Å². The largest absolute Gasteiger partial charge is 0.416 e. The van der Waals surface area contributed by atoms with Crippen LogP contribution >= 0.6 is 0 Å². The van der Waals surface area contributed by atoms with E-state index in [2.05, 4.69) is 5.32 Å². The van der Waals surface area contributed by atoms with Crippen LogP contribution in [0.25, 0.3) is 0 Å². The van der Waals surface area contributed by atoms with E-state index in [1.807, 2.05) is 6.92 Å². The highest BCUT2D eigenvalue weighted by Gasteiger charge is 2.55. The molecule has 1 aromatic rings. The predicted octanol–water partition coefficient (Wildman–Crippen LogP) is 5.73. The fourth-order valence-electron chi connectivity index (χ4n) is 5.96. The Labute approximate surface area is 209 Å². The quantitative estimate of drug-likeness (QED) is 0.474. The number of hydrogen-bond acceptors (Lipinski definition) is 3. The summed E-state index contributed by atoms with van der Waals surface area (Å²) >= 11 is 0. The zero-order chi connectivity index (χ0) is 27.4. The van der Waals surface area contributed by atoms with E-state index in [0.29, 0.717) is 24.5 Å². The summed E-state index contributed by atoms with van der Waals surface area (Å²) in [5.74, 6) is -1.45. The minimum absolute atomic E-state index is 0.134. The number of aliphatic hydroxyl groups excluding tert-OH is 1. The summed E-state index contributed by atoms with van der Waals surface area (Å²) in [6, 6.07) is 5.18. The van der Waals surface area contributed by atoms with Crippen molar-refractivity contribution in [3.05, 3.63) is 58.9 Å². The van der Waals surface area contributed by atoms with Gasteiger partial charge in [0.05, 0.1) is 23.7 Å². The molecule has 1 saturated carbocycles. The molecule has 1 unspecified atom stereocenters. The monoisotopic (exact) mass is 535 g/mol. The number of hydrogen-bond donors (Lipinski definition) is 2. The van der Waals surface area contributed by atoms with Gasteiger partial charge in [-0.25, -0.2) is 4.39 Å². The minimum Gasteiger partial charge on any atom is -0.383 e. The smallest absolute Gasteiger partial charge is 0.383 e. The number of aliphatic hydroxyl groups is 1. The van der Waals surface area contributed by atoms with Crippen molar-refractivity contribution in [2.75, 3.05) is 6.61 Å². The van der Waals surface area contributed by atoms with E-state index in [9.17, 15) is 40.6 Å². The van der Waals surface area contributed by atoms with Gasteiger partial charge in [0.15, 0.2) is 0 Å². The van der Waals surface area contributed by atoms with Crippen LogP contribution in [-0.2, 0) is 9.53 Å². The molecule has 1 amide bonds. The zero-order valence-electron chi connectivity index (χ0n) is 20.2. The maximum atomic E-state index is 13.7. The van der Waals surface area contributed by atoms with Crippen LogP contribution < -0.4 is 5.32 Å². The molecule has 11 heteroatoms. The Kier molecular flexibility index (Phi) is 7.03. The maximum Gasteiger partial charge on any atom is 0.416 e. The molecule has 1 aliphatic heterocycles. The number of carbonyl (C=O) groups excluding carboxylic acids is 1. The van der Waals surface area contributed by atoms with E-state index in [1.54, 1.807) is 12.1 Å². The number of nitrogens with one attached hydrogen (secondary N) is 1. The SMILES string of the molecule is CC1(C(F)(F)F)C=C(C(F)(F)F)C=C(CO[C@H]2CC[C@@](C)([C@H]3C[C@H](O)C(=O)N3)[C@@H]2c2ccc(F)cc2)C1. The summed E-state index contributed by atoms with van der Waals surface area (Å²) in [7, 11) is 0. The lowest BCUT2D eigenvalue weighted by Gasteiger charge is -2.39. The Morgan fingerprint density at radius 3 is 2.30 bits per heavy atom. The van der Waals surface area contributed by atoms with Gasteiger partial charge in [-0.05, 0) is 60.9 Å². The molecule has 6 atom stereocenters. The van der Waals surface area contributed by atoms with Gasteiger partial charge in [-0.1, -0.05) is 25.1 Å². The molecule has 0 aromatic heterocycles. The highest BCUT2D eigenvalue weighted by atomic mass is 19.4. The molecular formula is C26H28F7NO3. The van der Waals surface area contributed by atoms with Crippen LogP contribution in [-0.4, -0.2) is 48.2 Å². The van der Waals surface area contributed by atoms with Gasteiger partial charge < -0.3 is 15.2 Å². The zero-order valence-corrected chi connectivity index (χ0v) is 20.2. The molecule has 2 N–H and O–H groups in total. The van der Waals surface area contributed by atoms with Gasteiger partial charge in [-0.3, -0.25) is 4.79 Å². The van der Waals surface area contributed by atoms with Crippen molar-refractivity contribution in [1.82, 2.24) is 5.32 Å². The van der Waals surface area contributed by atoms with Crippen LogP contribution in [0.1, 0.15) is 51.0 Å². The Hall–Kier alpha value is -2.40. The van der Waals surface area contributed by atoms with Gasteiger partial charge in [0.25, 0.3) is 0 Å². The number of ether oxygens (including phenoxy) is 1. The Morgan fingerprint density at radius 1 is 1.11 bits per heavy atom. The topological polar surface area (TPSA) is 58.6 Å². The van der Waals surface area contributed by atoms with Gasteiger partial charge in [-0.2, -0.15) is 26.3 Å². The van der Waals surface area contributed by atoms with Crippen molar-refractivity contribution in [2.45, 2.75) is 76.1 Å². The number of amides is 1. The van der Waals surface area contributed by atoms with Crippen LogP contribution in [0.15, 0.2) is 47.6 Å². The van der Waals surface area contributed by atoms with Crippen molar-refractivity contribution < 1.29 is 45.4 Å². The first-order chi connectivity index (χ1) is 17.0. The number of halogens is 7. The molecule has 1 heterocycles. The van der Waals surface area contributed by atoms with Crippen LogP contribution in [0.2, 0.25) is 0 Å². The lowest BCUT2D eigenvalue weighted by molar-refractivity contribution is -0.201. The summed E-state index contributed by atoms with van der Waals surface area (Å²) in [4.78, 5) is 12.0. The number of allylic oxidation sites excluding steroid dienone is 3. The number of benzene rings is 1. The third kappa shape index (κ3) is 5.30. The van der Waals surface area contributed by atoms with Gasteiger partial charge in [0.2, 0.25) is 5.91 Å². The first-order valence-corrected chi connectivity index (χ1v) is 12.0. The van der Waals surface area contributed by atoms with E-state index in [0.717, 1.165) is 6.92 Å². The third-order valence-corrected chi connectivity index (χ3v) is 8.04. The minimum atomic E-state index is -4.96. The Morgan fingerprint density at radius 2 is 1.76 bits per heavy atom. The Bertz CT molecular complexity index is 1090. The molecule has 2 aliphatic carbocycles. The molecular weight excluding hydrogens is 507 g/mol. The van der Waals surface area contributed by atoms with Gasteiger partial charge >= 0.3 is 12.4 Å². The normalized spacial score (nSPS) is 34.8. The summed E-state index contributed by atoms with van der Waals surface area (Å²) in [6.45, 7) is 2.17. The molecule has 3 aliphatic rings. The van der Waals surface area contributed by atoms with Crippen LogP contribution in [0.4, 0.5) is 30.7 Å². The van der Waals surface area contributed by atoms with E-state index < -0.39 is 77.7 Å². The maximum absolute atomic E-state index is 13.7. The fourth-order valence-corrected chi connectivity index (χ4v) is 5.96. The number of alkyl halides is 6. The summed E-state index contributed by atoms with van der Waals surface area (Å²) in [5, 5.41) is 12.8. The van der Waals surface area contributed by atoms with E-state index in [-0.39, 0.29) is 18.1 Å². The Balaban J connectivity index is 1.61. The van der Waals surface area contributed by atoms with Crippen molar-refractivity contribution in [2.24, 2.45) is 10.8 Å². The highest BCUT2D eigenvalue weighted by molar-refractivity contribution is 5.83. The third-order valence-electron chi connectivity index (χ3n) is 8.04. The van der Waals surface area contributed by atoms with Gasteiger partial charge in [0, 0.05) is 18.4 Å². The lowest BCUT2D eigenvalue weighted by Crippen LogP contribution is -2.44. The summed E-state index contributed by atoms with van der Waals surface area (Å²) in [6.07, 6.45) is -10.3. The number of carbonyl (C=O) groups is 1. The standard InChI is InChI=1S/C26H28F7NO3/c1-23(26(31,32)33)11-14(9-16(12-23)25(28,29)30)13-37-19-7-8-24(2,20-10-18(35)22(36)34-20)21(19)15-3-5-17(27)6-4-15/h3-6,9,12,18-21,35H,7-8,10-11,13H2,1-2H3,(H,34,36)/t18-,19-,20+,21+,23?,24-/m0/s1. The number of rotatable bonds is 5. The molecule has 0 spiro atoms. The second kappa shape index (κ2) is 9.41. The second-order valence-corrected chi connectivity index (χ2v) is 10.7. The molecule has 4 nitrogen and oxygen atoms in total. The van der Waals surface area contributed by atoms with Crippen molar-refractivity contribution >= 4 is 5.91 Å². The molecule has 37 heavy (non-hydrogen) atoms. The summed E-state index contributed by atoms with van der Waals surface area (Å²) in [5.41, 5.74) is -4.20. The molecule has 0 bridgehead atoms. The molecule has 0 radical (unpaired) electrons. The van der Waals surface area contributed by atoms with E-state index in [4.69, 9.17) is 4.74 Å². The first-order valence-electron chi connectivity index (χ1n) is 12.0. The predicted molar refractivity (Wildman–Crippen MR) is 120 cm³/mol. The van der Waals surface area contributed by atoms with Crippen LogP contribution in [0.3, 0.4) is 0 Å². The molecule has 2 fully saturated rings. The van der Waals surface area contributed by atoms with Gasteiger partial charge in [0.1, 0.15) is 11.9 Å². The van der Waals surface area contributed by atoms with Crippen LogP contribution in [0.5, 0.6) is 0 Å². The first kappa shape index (κ1) is 27.6. The van der Waals surface area contributed by atoms with E-state index in [1.165, 1.54) is 12.1 Å². The van der Waals surface area contributed by atoms with Gasteiger partial charge in [-0.15, -0.1) is 0 Å². The van der Waals surface area contributed by atoms with Crippen molar-refractivity contribution in [1.29, 1.82) is 0 Å². The highest BCUT2D eigenvalue weighted by Crippen LogP contribution is 2.55. The average molecular weight is 536 g/mol. The second-order valence-electron chi connectivity index (χ2n) is 10.7. The summed E-state index contributed by atoms with van der Waals surface area (Å²) < 4.78 is 101.